The lowest BCUT2D eigenvalue weighted by molar-refractivity contribution is 0.202. The lowest BCUT2D eigenvalue weighted by Gasteiger charge is -2.26. The minimum absolute atomic E-state index is 0.380. The Morgan fingerprint density at radius 2 is 1.87 bits per heavy atom. The first-order valence-electron chi connectivity index (χ1n) is 11.4. The number of rotatable bonds is 8. The van der Waals surface area contributed by atoms with Crippen molar-refractivity contribution in [2.45, 2.75) is 65.0 Å². The number of nitrogens with two attached hydrogens (primary N) is 1. The number of primary amides is 1. The molecule has 0 saturated heterocycles. The van der Waals surface area contributed by atoms with Crippen LogP contribution in [0.5, 0.6) is 0 Å². The van der Waals surface area contributed by atoms with Gasteiger partial charge in [-0.15, -0.1) is 0 Å². The molecule has 2 N–H and O–H groups in total. The summed E-state index contributed by atoms with van der Waals surface area (Å²) in [5.74, 6) is -0.486. The quantitative estimate of drug-likeness (QED) is 0.377. The summed E-state index contributed by atoms with van der Waals surface area (Å²) in [6.45, 7) is 4.40. The van der Waals surface area contributed by atoms with Gasteiger partial charge in [-0.25, -0.2) is 9.78 Å². The fourth-order valence-electron chi connectivity index (χ4n) is 4.71. The molecule has 2 aromatic heterocycles. The summed E-state index contributed by atoms with van der Waals surface area (Å²) in [5.41, 5.74) is 11.0. The van der Waals surface area contributed by atoms with Gasteiger partial charge in [0.2, 0.25) is 5.95 Å². The molecule has 0 aliphatic carbocycles. The number of carbonyl (C=O) groups excluding carboxylic acids is 1. The number of nitrogens with zero attached hydrogens (tertiary/aromatic N) is 3. The van der Waals surface area contributed by atoms with E-state index in [1.54, 1.807) is 4.90 Å². The van der Waals surface area contributed by atoms with Crippen molar-refractivity contribution in [3.63, 3.8) is 0 Å². The van der Waals surface area contributed by atoms with Crippen LogP contribution in [0.3, 0.4) is 0 Å². The van der Waals surface area contributed by atoms with Crippen molar-refractivity contribution in [1.82, 2.24) is 14.5 Å². The summed E-state index contributed by atoms with van der Waals surface area (Å²) in [6, 6.07) is 9.19. The molecule has 3 aromatic rings. The summed E-state index contributed by atoms with van der Waals surface area (Å²) in [5, 5.41) is 1.13. The normalized spacial score (nSPS) is 13.5. The molecule has 0 radical (unpaired) electrons. The number of halogens is 1. The molecule has 1 aliphatic heterocycles. The van der Waals surface area contributed by atoms with Crippen molar-refractivity contribution in [3.05, 3.63) is 53.7 Å². The van der Waals surface area contributed by atoms with E-state index < -0.39 is 5.95 Å². The highest BCUT2D eigenvalue weighted by atomic mass is 19.1. The average Bonchev–Trinajstić information content (AvgIpc) is 3.08. The first-order valence-corrected chi connectivity index (χ1v) is 11.4. The van der Waals surface area contributed by atoms with Crippen LogP contribution in [0, 0.1) is 5.95 Å². The molecule has 164 valence electrons. The SMILES string of the molecule is CCCCCCCCn1c2c(c3cc(-c4ccnc(F)c4)ccc31)CN(C(N)=O)CC2. The molecule has 0 atom stereocenters. The molecule has 0 bridgehead atoms. The summed E-state index contributed by atoms with van der Waals surface area (Å²) < 4.78 is 16.1. The van der Waals surface area contributed by atoms with Gasteiger partial charge in [-0.1, -0.05) is 45.1 Å². The largest absolute Gasteiger partial charge is 0.351 e. The molecule has 0 fully saturated rings. The maximum absolute atomic E-state index is 13.7. The Balaban J connectivity index is 1.68. The lowest BCUT2D eigenvalue weighted by Crippen LogP contribution is -2.39. The summed E-state index contributed by atoms with van der Waals surface area (Å²) in [7, 11) is 0. The molecule has 3 heterocycles. The average molecular weight is 423 g/mol. The molecular formula is C25H31FN4O. The van der Waals surface area contributed by atoms with E-state index in [-0.39, 0.29) is 6.03 Å². The fraction of sp³-hybridized carbons (Fsp3) is 0.440. The Labute approximate surface area is 183 Å². The second-order valence-electron chi connectivity index (χ2n) is 8.45. The maximum atomic E-state index is 13.7. The van der Waals surface area contributed by atoms with Crippen LogP contribution in [0.1, 0.15) is 56.7 Å². The summed E-state index contributed by atoms with van der Waals surface area (Å²) in [6.07, 6.45) is 9.83. The fourth-order valence-corrected chi connectivity index (χ4v) is 4.71. The standard InChI is InChI=1S/C25H31FN4O/c1-2-3-4-5-6-7-13-30-22-9-8-18(19-10-12-28-24(26)16-19)15-20(22)21-17-29(25(27)31)14-11-23(21)30/h8-10,12,15-16H,2-7,11,13-14,17H2,1H3,(H2,27,31). The molecule has 1 aliphatic rings. The van der Waals surface area contributed by atoms with Crippen LogP contribution in [-0.4, -0.2) is 27.0 Å². The van der Waals surface area contributed by atoms with Gasteiger partial charge in [-0.2, -0.15) is 4.39 Å². The van der Waals surface area contributed by atoms with Crippen LogP contribution in [0.4, 0.5) is 9.18 Å². The first kappa shape index (κ1) is 21.3. The Kier molecular flexibility index (Phi) is 6.54. The monoisotopic (exact) mass is 422 g/mol. The van der Waals surface area contributed by atoms with E-state index >= 15 is 0 Å². The van der Waals surface area contributed by atoms with Gasteiger partial charge < -0.3 is 15.2 Å². The summed E-state index contributed by atoms with van der Waals surface area (Å²) in [4.78, 5) is 17.2. The predicted molar refractivity (Wildman–Crippen MR) is 122 cm³/mol. The molecule has 0 unspecified atom stereocenters. The molecule has 4 rings (SSSR count). The van der Waals surface area contributed by atoms with Crippen molar-refractivity contribution in [2.24, 2.45) is 5.73 Å². The summed E-state index contributed by atoms with van der Waals surface area (Å²) >= 11 is 0. The van der Waals surface area contributed by atoms with Crippen LogP contribution < -0.4 is 5.73 Å². The number of urea groups is 1. The Hall–Kier alpha value is -2.89. The molecule has 31 heavy (non-hydrogen) atoms. The number of benzene rings is 1. The highest BCUT2D eigenvalue weighted by Gasteiger charge is 2.25. The molecular weight excluding hydrogens is 391 g/mol. The van der Waals surface area contributed by atoms with Crippen LogP contribution in [0.2, 0.25) is 0 Å². The minimum atomic E-state index is -0.486. The number of unbranched alkanes of at least 4 members (excludes halogenated alkanes) is 5. The van der Waals surface area contributed by atoms with Gasteiger partial charge in [-0.3, -0.25) is 0 Å². The number of pyridine rings is 1. The third-order valence-electron chi connectivity index (χ3n) is 6.36. The van der Waals surface area contributed by atoms with Gasteiger partial charge in [0.1, 0.15) is 0 Å². The highest BCUT2D eigenvalue weighted by Crippen LogP contribution is 2.34. The van der Waals surface area contributed by atoms with Crippen LogP contribution in [0.25, 0.3) is 22.0 Å². The van der Waals surface area contributed by atoms with Gasteiger partial charge in [0.05, 0.1) is 0 Å². The minimum Gasteiger partial charge on any atom is -0.351 e. The van der Waals surface area contributed by atoms with Crippen molar-refractivity contribution < 1.29 is 9.18 Å². The van der Waals surface area contributed by atoms with Crippen molar-refractivity contribution in [2.75, 3.05) is 6.54 Å². The number of aryl methyl sites for hydroxylation is 1. The van der Waals surface area contributed by atoms with E-state index in [1.807, 2.05) is 12.1 Å². The molecule has 0 saturated carbocycles. The number of carbonyl (C=O) groups is 1. The van der Waals surface area contributed by atoms with E-state index in [0.717, 1.165) is 35.9 Å². The number of aromatic nitrogens is 2. The second kappa shape index (κ2) is 9.50. The van der Waals surface area contributed by atoms with Crippen LogP contribution in [0.15, 0.2) is 36.5 Å². The van der Waals surface area contributed by atoms with Crippen LogP contribution >= 0.6 is 0 Å². The first-order chi connectivity index (χ1) is 15.1. The van der Waals surface area contributed by atoms with Gasteiger partial charge >= 0.3 is 6.03 Å². The number of amides is 2. The molecule has 1 aromatic carbocycles. The van der Waals surface area contributed by atoms with Crippen molar-refractivity contribution >= 4 is 16.9 Å². The Morgan fingerprint density at radius 1 is 1.10 bits per heavy atom. The zero-order chi connectivity index (χ0) is 21.8. The highest BCUT2D eigenvalue weighted by molar-refractivity contribution is 5.90. The van der Waals surface area contributed by atoms with E-state index in [1.165, 1.54) is 61.1 Å². The van der Waals surface area contributed by atoms with E-state index in [4.69, 9.17) is 5.73 Å². The zero-order valence-electron chi connectivity index (χ0n) is 18.2. The Bertz CT molecular complexity index is 1070. The molecule has 6 heteroatoms. The number of hydrogen-bond donors (Lipinski definition) is 1. The second-order valence-corrected chi connectivity index (χ2v) is 8.45. The van der Waals surface area contributed by atoms with E-state index in [9.17, 15) is 9.18 Å². The predicted octanol–water partition coefficient (Wildman–Crippen LogP) is 5.64. The number of hydrogen-bond acceptors (Lipinski definition) is 2. The lowest BCUT2D eigenvalue weighted by atomic mass is 10.0. The smallest absolute Gasteiger partial charge is 0.315 e. The van der Waals surface area contributed by atoms with Crippen LogP contribution in [-0.2, 0) is 19.5 Å². The van der Waals surface area contributed by atoms with E-state index in [2.05, 4.69) is 28.6 Å². The van der Waals surface area contributed by atoms with Gasteiger partial charge in [0.15, 0.2) is 0 Å². The molecule has 5 nitrogen and oxygen atoms in total. The number of fused-ring (bicyclic) bond motifs is 3. The van der Waals surface area contributed by atoms with Crippen molar-refractivity contribution in [1.29, 1.82) is 0 Å². The third kappa shape index (κ3) is 4.58. The molecule has 0 spiro atoms. The van der Waals surface area contributed by atoms with Gasteiger partial charge in [0, 0.05) is 60.5 Å². The van der Waals surface area contributed by atoms with E-state index in [0.29, 0.717) is 13.1 Å². The van der Waals surface area contributed by atoms with Gasteiger partial charge in [-0.05, 0) is 35.7 Å². The molecule has 2 amide bonds. The van der Waals surface area contributed by atoms with Crippen molar-refractivity contribution in [3.8, 4) is 11.1 Å². The maximum Gasteiger partial charge on any atom is 0.315 e. The Morgan fingerprint density at radius 3 is 2.65 bits per heavy atom. The zero-order valence-corrected chi connectivity index (χ0v) is 18.2. The third-order valence-corrected chi connectivity index (χ3v) is 6.36. The topological polar surface area (TPSA) is 64.2 Å². The van der Waals surface area contributed by atoms with Gasteiger partial charge in [0.25, 0.3) is 0 Å².